The predicted octanol–water partition coefficient (Wildman–Crippen LogP) is 3.34. The van der Waals surface area contributed by atoms with E-state index < -0.39 is 0 Å². The van der Waals surface area contributed by atoms with Crippen molar-refractivity contribution in [1.29, 1.82) is 0 Å². The van der Waals surface area contributed by atoms with E-state index in [0.29, 0.717) is 24.0 Å². The lowest BCUT2D eigenvalue weighted by atomic mass is 10.2. The molecule has 0 saturated heterocycles. The molecule has 3 aromatic rings. The standard InChI is InChI=1S/C20H21N3O3/c1-3-18-21-20(26-22-18)16-9-11-17(12-10-16)25-14-19(24)23(2)13-15-7-5-4-6-8-15/h4-12H,3,13-14H2,1-2H3. The highest BCUT2D eigenvalue weighted by molar-refractivity contribution is 5.77. The molecule has 6 heteroatoms. The number of rotatable bonds is 7. The summed E-state index contributed by atoms with van der Waals surface area (Å²) in [5.74, 6) is 1.69. The Morgan fingerprint density at radius 1 is 1.12 bits per heavy atom. The molecule has 0 fully saturated rings. The van der Waals surface area contributed by atoms with E-state index in [4.69, 9.17) is 9.26 Å². The largest absolute Gasteiger partial charge is 0.484 e. The monoisotopic (exact) mass is 351 g/mol. The third kappa shape index (κ3) is 4.47. The third-order valence-corrected chi connectivity index (χ3v) is 3.94. The number of benzene rings is 2. The van der Waals surface area contributed by atoms with Gasteiger partial charge in [-0.05, 0) is 29.8 Å². The molecule has 3 rings (SSSR count). The molecule has 6 nitrogen and oxygen atoms in total. The molecule has 134 valence electrons. The zero-order valence-corrected chi connectivity index (χ0v) is 14.9. The zero-order chi connectivity index (χ0) is 18.4. The van der Waals surface area contributed by atoms with E-state index in [-0.39, 0.29) is 12.5 Å². The Labute approximate surface area is 152 Å². The van der Waals surface area contributed by atoms with Crippen LogP contribution in [0.5, 0.6) is 5.75 Å². The molecule has 0 N–H and O–H groups in total. The van der Waals surface area contributed by atoms with Gasteiger partial charge in [-0.3, -0.25) is 4.79 Å². The summed E-state index contributed by atoms with van der Waals surface area (Å²) in [5, 5.41) is 3.88. The van der Waals surface area contributed by atoms with Gasteiger partial charge in [0, 0.05) is 25.6 Å². The van der Waals surface area contributed by atoms with E-state index in [1.54, 1.807) is 24.1 Å². The van der Waals surface area contributed by atoms with Crippen molar-refractivity contribution in [3.8, 4) is 17.2 Å². The normalized spacial score (nSPS) is 10.5. The summed E-state index contributed by atoms with van der Waals surface area (Å²) in [4.78, 5) is 18.1. The second-order valence-electron chi connectivity index (χ2n) is 5.92. The number of ether oxygens (including phenoxy) is 1. The van der Waals surface area contributed by atoms with Crippen molar-refractivity contribution < 1.29 is 14.1 Å². The lowest BCUT2D eigenvalue weighted by Crippen LogP contribution is -2.30. The molecule has 0 aliphatic heterocycles. The molecule has 0 atom stereocenters. The molecular formula is C20H21N3O3. The summed E-state index contributed by atoms with van der Waals surface area (Å²) in [5.41, 5.74) is 1.90. The molecule has 0 spiro atoms. The molecule has 0 radical (unpaired) electrons. The van der Waals surface area contributed by atoms with Crippen LogP contribution < -0.4 is 4.74 Å². The first-order valence-corrected chi connectivity index (χ1v) is 8.49. The minimum Gasteiger partial charge on any atom is -0.484 e. The summed E-state index contributed by atoms with van der Waals surface area (Å²) in [6, 6.07) is 17.1. The van der Waals surface area contributed by atoms with Crippen molar-refractivity contribution in [2.24, 2.45) is 0 Å². The van der Waals surface area contributed by atoms with Gasteiger partial charge in [0.1, 0.15) is 5.75 Å². The van der Waals surface area contributed by atoms with Crippen LogP contribution >= 0.6 is 0 Å². The van der Waals surface area contributed by atoms with Crippen LogP contribution in [0.2, 0.25) is 0 Å². The van der Waals surface area contributed by atoms with Gasteiger partial charge in [0.2, 0.25) is 0 Å². The smallest absolute Gasteiger partial charge is 0.260 e. The maximum atomic E-state index is 12.2. The minimum atomic E-state index is -0.0811. The van der Waals surface area contributed by atoms with Gasteiger partial charge in [0.25, 0.3) is 11.8 Å². The molecule has 0 aliphatic carbocycles. The number of carbonyl (C=O) groups excluding carboxylic acids is 1. The number of likely N-dealkylation sites (N-methyl/N-ethyl adjacent to an activating group) is 1. The number of hydrogen-bond donors (Lipinski definition) is 0. The average molecular weight is 351 g/mol. The fourth-order valence-electron chi connectivity index (χ4n) is 2.41. The predicted molar refractivity (Wildman–Crippen MR) is 97.5 cm³/mol. The Morgan fingerprint density at radius 3 is 2.50 bits per heavy atom. The second-order valence-corrected chi connectivity index (χ2v) is 5.92. The van der Waals surface area contributed by atoms with Gasteiger partial charge < -0.3 is 14.2 Å². The number of carbonyl (C=O) groups is 1. The Balaban J connectivity index is 1.53. The van der Waals surface area contributed by atoms with Crippen molar-refractivity contribution in [2.45, 2.75) is 19.9 Å². The van der Waals surface area contributed by atoms with Gasteiger partial charge in [0.05, 0.1) is 0 Å². The molecule has 26 heavy (non-hydrogen) atoms. The lowest BCUT2D eigenvalue weighted by molar-refractivity contribution is -0.132. The Hall–Kier alpha value is -3.15. The SMILES string of the molecule is CCc1noc(-c2ccc(OCC(=O)N(C)Cc3ccccc3)cc2)n1. The topological polar surface area (TPSA) is 68.5 Å². The van der Waals surface area contributed by atoms with E-state index >= 15 is 0 Å². The van der Waals surface area contributed by atoms with Gasteiger partial charge in [-0.25, -0.2) is 0 Å². The number of aromatic nitrogens is 2. The minimum absolute atomic E-state index is 0.0107. The van der Waals surface area contributed by atoms with Crippen molar-refractivity contribution >= 4 is 5.91 Å². The van der Waals surface area contributed by atoms with Crippen molar-refractivity contribution in [2.75, 3.05) is 13.7 Å². The average Bonchev–Trinajstić information content (AvgIpc) is 3.16. The van der Waals surface area contributed by atoms with E-state index in [2.05, 4.69) is 10.1 Å². The van der Waals surface area contributed by atoms with Crippen molar-refractivity contribution in [3.63, 3.8) is 0 Å². The van der Waals surface area contributed by atoms with Gasteiger partial charge in [-0.2, -0.15) is 4.98 Å². The lowest BCUT2D eigenvalue weighted by Gasteiger charge is -2.17. The van der Waals surface area contributed by atoms with Crippen LogP contribution in [0, 0.1) is 0 Å². The van der Waals surface area contributed by atoms with Crippen LogP contribution in [0.3, 0.4) is 0 Å². The van der Waals surface area contributed by atoms with E-state index in [9.17, 15) is 4.79 Å². The molecule has 1 amide bonds. The highest BCUT2D eigenvalue weighted by Crippen LogP contribution is 2.21. The summed E-state index contributed by atoms with van der Waals surface area (Å²) in [6.07, 6.45) is 0.726. The fraction of sp³-hybridized carbons (Fsp3) is 0.250. The van der Waals surface area contributed by atoms with Crippen LogP contribution in [0.15, 0.2) is 59.1 Å². The maximum absolute atomic E-state index is 12.2. The first-order valence-electron chi connectivity index (χ1n) is 8.49. The molecule has 1 heterocycles. The second kappa shape index (κ2) is 8.29. The molecule has 0 saturated carbocycles. The van der Waals surface area contributed by atoms with Crippen LogP contribution in [0.4, 0.5) is 0 Å². The van der Waals surface area contributed by atoms with Crippen LogP contribution in [0.1, 0.15) is 18.3 Å². The molecule has 1 aromatic heterocycles. The highest BCUT2D eigenvalue weighted by Gasteiger charge is 2.11. The Morgan fingerprint density at radius 2 is 1.85 bits per heavy atom. The summed E-state index contributed by atoms with van der Waals surface area (Å²) >= 11 is 0. The molecule has 2 aromatic carbocycles. The third-order valence-electron chi connectivity index (χ3n) is 3.94. The van der Waals surface area contributed by atoms with Crippen molar-refractivity contribution in [1.82, 2.24) is 15.0 Å². The molecule has 0 aliphatic rings. The summed E-state index contributed by atoms with van der Waals surface area (Å²) < 4.78 is 10.8. The summed E-state index contributed by atoms with van der Waals surface area (Å²) in [7, 11) is 1.77. The maximum Gasteiger partial charge on any atom is 0.260 e. The van der Waals surface area contributed by atoms with E-state index in [1.165, 1.54) is 0 Å². The van der Waals surface area contributed by atoms with E-state index in [1.807, 2.05) is 49.4 Å². The molecular weight excluding hydrogens is 330 g/mol. The zero-order valence-electron chi connectivity index (χ0n) is 14.9. The quantitative estimate of drug-likeness (QED) is 0.653. The highest BCUT2D eigenvalue weighted by atomic mass is 16.5. The first kappa shape index (κ1) is 17.7. The number of aryl methyl sites for hydroxylation is 1. The van der Waals surface area contributed by atoms with Crippen LogP contribution in [-0.2, 0) is 17.8 Å². The van der Waals surface area contributed by atoms with Gasteiger partial charge >= 0.3 is 0 Å². The number of hydrogen-bond acceptors (Lipinski definition) is 5. The molecule has 0 unspecified atom stereocenters. The Kier molecular flexibility index (Phi) is 5.63. The Bertz CT molecular complexity index is 844. The van der Waals surface area contributed by atoms with Crippen LogP contribution in [0.25, 0.3) is 11.5 Å². The number of nitrogens with zero attached hydrogens (tertiary/aromatic N) is 3. The van der Waals surface area contributed by atoms with Crippen LogP contribution in [-0.4, -0.2) is 34.6 Å². The van der Waals surface area contributed by atoms with Gasteiger partial charge in [-0.1, -0.05) is 42.4 Å². The first-order chi connectivity index (χ1) is 12.7. The number of amides is 1. The molecule has 0 bridgehead atoms. The fourth-order valence-corrected chi connectivity index (χ4v) is 2.41. The van der Waals surface area contributed by atoms with Gasteiger partial charge in [-0.15, -0.1) is 0 Å². The summed E-state index contributed by atoms with van der Waals surface area (Å²) in [6.45, 7) is 2.51. The van der Waals surface area contributed by atoms with Crippen molar-refractivity contribution in [3.05, 3.63) is 66.0 Å². The van der Waals surface area contributed by atoms with Gasteiger partial charge in [0.15, 0.2) is 12.4 Å². The van der Waals surface area contributed by atoms with E-state index in [0.717, 1.165) is 17.5 Å².